The van der Waals surface area contributed by atoms with E-state index in [0.717, 1.165) is 23.0 Å². The molecule has 2 heterocycles. The average Bonchev–Trinajstić information content (AvgIpc) is 2.92. The number of amides is 1. The standard InChI is InChI=1S/C17H20BrN5O/c1-11-3-5-12(6-4-11)10-23-8-7-14(16(23)24)21-17-20-9-13(18)15(19-2)22-17/h3-6,9,14H,7-8,10H2,1-2H3,(H2,19,20,21,22). The summed E-state index contributed by atoms with van der Waals surface area (Å²) in [6.07, 6.45) is 2.42. The van der Waals surface area contributed by atoms with Gasteiger partial charge in [0.05, 0.1) is 4.47 Å². The Morgan fingerprint density at radius 3 is 2.79 bits per heavy atom. The smallest absolute Gasteiger partial charge is 0.245 e. The summed E-state index contributed by atoms with van der Waals surface area (Å²) >= 11 is 3.38. The van der Waals surface area contributed by atoms with E-state index in [1.54, 1.807) is 13.2 Å². The van der Waals surface area contributed by atoms with Gasteiger partial charge in [0.25, 0.3) is 0 Å². The van der Waals surface area contributed by atoms with Gasteiger partial charge in [-0.15, -0.1) is 0 Å². The molecule has 0 aliphatic carbocycles. The van der Waals surface area contributed by atoms with Gasteiger partial charge < -0.3 is 15.5 Å². The second kappa shape index (κ2) is 7.17. The number of carbonyl (C=O) groups is 1. The van der Waals surface area contributed by atoms with Crippen molar-refractivity contribution in [1.82, 2.24) is 14.9 Å². The molecule has 0 bridgehead atoms. The fourth-order valence-corrected chi connectivity index (χ4v) is 3.10. The van der Waals surface area contributed by atoms with Crippen molar-refractivity contribution < 1.29 is 4.79 Å². The minimum atomic E-state index is -0.277. The Bertz CT molecular complexity index is 734. The maximum absolute atomic E-state index is 12.6. The third-order valence-electron chi connectivity index (χ3n) is 4.08. The Morgan fingerprint density at radius 2 is 2.08 bits per heavy atom. The molecule has 2 N–H and O–H groups in total. The SMILES string of the molecule is CNc1nc(NC2CCN(Cc3ccc(C)cc3)C2=O)ncc1Br. The van der Waals surface area contributed by atoms with E-state index in [1.807, 2.05) is 4.90 Å². The number of hydrogen-bond donors (Lipinski definition) is 2. The first-order chi connectivity index (χ1) is 11.6. The summed E-state index contributed by atoms with van der Waals surface area (Å²) in [7, 11) is 1.79. The Balaban J connectivity index is 1.64. The zero-order chi connectivity index (χ0) is 17.1. The highest BCUT2D eigenvalue weighted by atomic mass is 79.9. The Morgan fingerprint density at radius 1 is 1.33 bits per heavy atom. The summed E-state index contributed by atoms with van der Waals surface area (Å²) in [4.78, 5) is 23.0. The second-order valence-corrected chi connectivity index (χ2v) is 6.73. The number of aryl methyl sites for hydroxylation is 1. The maximum Gasteiger partial charge on any atom is 0.245 e. The lowest BCUT2D eigenvalue weighted by atomic mass is 10.1. The monoisotopic (exact) mass is 389 g/mol. The predicted molar refractivity (Wildman–Crippen MR) is 97.9 cm³/mol. The van der Waals surface area contributed by atoms with Crippen LogP contribution in [0.2, 0.25) is 0 Å². The maximum atomic E-state index is 12.6. The number of rotatable bonds is 5. The van der Waals surface area contributed by atoms with Gasteiger partial charge in [0.2, 0.25) is 11.9 Å². The van der Waals surface area contributed by atoms with E-state index in [4.69, 9.17) is 0 Å². The number of likely N-dealkylation sites (tertiary alicyclic amines) is 1. The van der Waals surface area contributed by atoms with Gasteiger partial charge in [-0.3, -0.25) is 4.79 Å². The van der Waals surface area contributed by atoms with E-state index in [2.05, 4.69) is 67.7 Å². The zero-order valence-corrected chi connectivity index (χ0v) is 15.3. The van der Waals surface area contributed by atoms with Crippen molar-refractivity contribution in [3.8, 4) is 0 Å². The summed E-state index contributed by atoms with van der Waals surface area (Å²) in [5, 5.41) is 6.13. The molecule has 1 aromatic heterocycles. The van der Waals surface area contributed by atoms with Gasteiger partial charge in [0, 0.05) is 26.3 Å². The molecule has 0 saturated carbocycles. The van der Waals surface area contributed by atoms with Crippen LogP contribution in [0.15, 0.2) is 34.9 Å². The third-order valence-corrected chi connectivity index (χ3v) is 4.66. The fraction of sp³-hybridized carbons (Fsp3) is 0.353. The molecule has 1 fully saturated rings. The van der Waals surface area contributed by atoms with Crippen molar-refractivity contribution in [3.05, 3.63) is 46.1 Å². The van der Waals surface area contributed by atoms with Gasteiger partial charge in [-0.25, -0.2) is 4.98 Å². The molecule has 1 unspecified atom stereocenters. The first kappa shape index (κ1) is 16.7. The highest BCUT2D eigenvalue weighted by Crippen LogP contribution is 2.22. The number of nitrogens with one attached hydrogen (secondary N) is 2. The summed E-state index contributed by atoms with van der Waals surface area (Å²) < 4.78 is 0.786. The highest BCUT2D eigenvalue weighted by Gasteiger charge is 2.32. The quantitative estimate of drug-likeness (QED) is 0.822. The lowest BCUT2D eigenvalue weighted by molar-refractivity contribution is -0.128. The van der Waals surface area contributed by atoms with Crippen LogP contribution in [0.3, 0.4) is 0 Å². The molecule has 0 radical (unpaired) electrons. The largest absolute Gasteiger partial charge is 0.372 e. The van der Waals surface area contributed by atoms with Crippen LogP contribution in [0.1, 0.15) is 17.5 Å². The molecule has 1 saturated heterocycles. The molecule has 6 nitrogen and oxygen atoms in total. The molecular formula is C17H20BrN5O. The van der Waals surface area contributed by atoms with E-state index in [-0.39, 0.29) is 11.9 Å². The minimum Gasteiger partial charge on any atom is -0.372 e. The topological polar surface area (TPSA) is 70.2 Å². The number of halogens is 1. The van der Waals surface area contributed by atoms with Crippen LogP contribution < -0.4 is 10.6 Å². The predicted octanol–water partition coefficient (Wildman–Crippen LogP) is 2.80. The molecule has 3 rings (SSSR count). The van der Waals surface area contributed by atoms with E-state index in [9.17, 15) is 4.79 Å². The lowest BCUT2D eigenvalue weighted by Gasteiger charge is -2.17. The fourth-order valence-electron chi connectivity index (χ4n) is 2.71. The number of aromatic nitrogens is 2. The van der Waals surface area contributed by atoms with Gasteiger partial charge in [-0.05, 0) is 34.8 Å². The van der Waals surface area contributed by atoms with Crippen molar-refractivity contribution in [2.24, 2.45) is 0 Å². The molecule has 1 aliphatic rings. The molecule has 1 aromatic carbocycles. The van der Waals surface area contributed by atoms with Gasteiger partial charge in [-0.1, -0.05) is 29.8 Å². The average molecular weight is 390 g/mol. The molecule has 2 aromatic rings. The van der Waals surface area contributed by atoms with Crippen molar-refractivity contribution >= 4 is 33.6 Å². The van der Waals surface area contributed by atoms with Crippen LogP contribution in [0, 0.1) is 6.92 Å². The molecule has 1 aliphatic heterocycles. The highest BCUT2D eigenvalue weighted by molar-refractivity contribution is 9.10. The molecule has 7 heteroatoms. The normalized spacial score (nSPS) is 17.2. The molecule has 1 amide bonds. The van der Waals surface area contributed by atoms with Crippen molar-refractivity contribution in [1.29, 1.82) is 0 Å². The Hall–Kier alpha value is -2.15. The molecule has 126 valence electrons. The van der Waals surface area contributed by atoms with Gasteiger partial charge >= 0.3 is 0 Å². The van der Waals surface area contributed by atoms with E-state index >= 15 is 0 Å². The van der Waals surface area contributed by atoms with Crippen molar-refractivity contribution in [2.45, 2.75) is 25.9 Å². The first-order valence-electron chi connectivity index (χ1n) is 7.88. The molecule has 24 heavy (non-hydrogen) atoms. The molecular weight excluding hydrogens is 370 g/mol. The number of nitrogens with zero attached hydrogens (tertiary/aromatic N) is 3. The minimum absolute atomic E-state index is 0.0908. The Labute approximate surface area is 149 Å². The second-order valence-electron chi connectivity index (χ2n) is 5.87. The molecule has 1 atom stereocenters. The summed E-state index contributed by atoms with van der Waals surface area (Å²) in [6.45, 7) is 3.43. The number of benzene rings is 1. The zero-order valence-electron chi connectivity index (χ0n) is 13.7. The van der Waals surface area contributed by atoms with Crippen LogP contribution in [-0.4, -0.2) is 40.4 Å². The first-order valence-corrected chi connectivity index (χ1v) is 8.67. The van der Waals surface area contributed by atoms with Crippen LogP contribution >= 0.6 is 15.9 Å². The van der Waals surface area contributed by atoms with E-state index in [1.165, 1.54) is 5.56 Å². The number of hydrogen-bond acceptors (Lipinski definition) is 5. The Kier molecular flexibility index (Phi) is 4.99. The number of carbonyl (C=O) groups excluding carboxylic acids is 1. The van der Waals surface area contributed by atoms with E-state index in [0.29, 0.717) is 18.3 Å². The van der Waals surface area contributed by atoms with Gasteiger partial charge in [0.15, 0.2) is 0 Å². The van der Waals surface area contributed by atoms with Crippen molar-refractivity contribution in [3.63, 3.8) is 0 Å². The van der Waals surface area contributed by atoms with Crippen LogP contribution in [-0.2, 0) is 11.3 Å². The van der Waals surface area contributed by atoms with Crippen molar-refractivity contribution in [2.75, 3.05) is 24.2 Å². The summed E-state index contributed by atoms with van der Waals surface area (Å²) in [5.41, 5.74) is 2.37. The third kappa shape index (κ3) is 3.67. The van der Waals surface area contributed by atoms with Gasteiger partial charge in [0.1, 0.15) is 11.9 Å². The summed E-state index contributed by atoms with van der Waals surface area (Å²) in [6, 6.07) is 8.00. The summed E-state index contributed by atoms with van der Waals surface area (Å²) in [5.74, 6) is 1.24. The lowest BCUT2D eigenvalue weighted by Crippen LogP contribution is -2.33. The van der Waals surface area contributed by atoms with E-state index < -0.39 is 0 Å². The number of anilines is 2. The molecule has 0 spiro atoms. The van der Waals surface area contributed by atoms with Gasteiger partial charge in [-0.2, -0.15) is 4.98 Å². The van der Waals surface area contributed by atoms with Crippen LogP contribution in [0.25, 0.3) is 0 Å². The van der Waals surface area contributed by atoms with Crippen LogP contribution in [0.5, 0.6) is 0 Å². The van der Waals surface area contributed by atoms with Crippen LogP contribution in [0.4, 0.5) is 11.8 Å².